The van der Waals surface area contributed by atoms with Crippen molar-refractivity contribution in [2.24, 2.45) is 0 Å². The average Bonchev–Trinajstić information content (AvgIpc) is 1.94. The van der Waals surface area contributed by atoms with Gasteiger partial charge in [-0.15, -0.1) is 0 Å². The molecule has 1 rings (SSSR count). The number of hydrogen-bond donors (Lipinski definition) is 1. The molecule has 11 heavy (non-hydrogen) atoms. The van der Waals surface area contributed by atoms with Crippen molar-refractivity contribution in [3.63, 3.8) is 0 Å². The van der Waals surface area contributed by atoms with E-state index in [0.717, 1.165) is 11.1 Å². The Bertz CT molecular complexity index is 294. The summed E-state index contributed by atoms with van der Waals surface area (Å²) < 4.78 is 20.1. The molecular weight excluding hydrogens is 203 g/mol. The molecule has 1 radical (unpaired) electrons. The summed E-state index contributed by atoms with van der Waals surface area (Å²) in [4.78, 5) is 0. The first-order chi connectivity index (χ1) is 5.11. The maximum absolute atomic E-state index is 10.7. The third-order valence-electron chi connectivity index (χ3n) is 1.71. The molecule has 0 saturated heterocycles. The minimum absolute atomic E-state index is 0.584. The van der Waals surface area contributed by atoms with E-state index in [2.05, 4.69) is 0 Å². The summed E-state index contributed by atoms with van der Waals surface area (Å²) in [6, 6.07) is 5.37. The molecule has 0 spiro atoms. The normalized spacial score (nSPS) is 11.4. The van der Waals surface area contributed by atoms with Crippen LogP contribution >= 0.6 is 0 Å². The summed E-state index contributed by atoms with van der Waals surface area (Å²) in [6.45, 7) is 3.93. The SMILES string of the molecule is Cc1ccc([As](=O)O)cc1C. The molecule has 0 fully saturated rings. The Morgan fingerprint density at radius 3 is 2.36 bits per heavy atom. The molecule has 0 amide bonds. The molecule has 59 valence electrons. The van der Waals surface area contributed by atoms with Crippen LogP contribution in [0.5, 0.6) is 0 Å². The fourth-order valence-electron chi connectivity index (χ4n) is 0.845. The van der Waals surface area contributed by atoms with Gasteiger partial charge in [-0.3, -0.25) is 0 Å². The van der Waals surface area contributed by atoms with Gasteiger partial charge in [0.25, 0.3) is 0 Å². The molecule has 1 atom stereocenters. The van der Waals surface area contributed by atoms with Crippen molar-refractivity contribution in [2.75, 3.05) is 0 Å². The van der Waals surface area contributed by atoms with Crippen LogP contribution in [-0.4, -0.2) is 19.0 Å². The first-order valence-electron chi connectivity index (χ1n) is 3.34. The molecule has 0 aliphatic carbocycles. The van der Waals surface area contributed by atoms with Gasteiger partial charge in [0.1, 0.15) is 0 Å². The summed E-state index contributed by atoms with van der Waals surface area (Å²) in [5.74, 6) is 0. The Morgan fingerprint density at radius 1 is 1.27 bits per heavy atom. The van der Waals surface area contributed by atoms with Crippen molar-refractivity contribution in [1.29, 1.82) is 0 Å². The summed E-state index contributed by atoms with van der Waals surface area (Å²) in [6.07, 6.45) is 0. The molecule has 0 bridgehead atoms. The summed E-state index contributed by atoms with van der Waals surface area (Å²) in [5, 5.41) is 0. The topological polar surface area (TPSA) is 37.3 Å². The Morgan fingerprint density at radius 2 is 1.91 bits per heavy atom. The van der Waals surface area contributed by atoms with Gasteiger partial charge < -0.3 is 0 Å². The van der Waals surface area contributed by atoms with E-state index in [9.17, 15) is 3.74 Å². The number of aryl methyl sites for hydroxylation is 2. The van der Waals surface area contributed by atoms with Crippen molar-refractivity contribution in [3.8, 4) is 0 Å². The van der Waals surface area contributed by atoms with Crippen LogP contribution in [0.15, 0.2) is 18.2 Å². The third-order valence-corrected chi connectivity index (χ3v) is 3.22. The molecule has 1 N–H and O–H groups in total. The van der Waals surface area contributed by atoms with Gasteiger partial charge in [0.15, 0.2) is 0 Å². The van der Waals surface area contributed by atoms with E-state index in [1.165, 1.54) is 0 Å². The van der Waals surface area contributed by atoms with Gasteiger partial charge in [-0.2, -0.15) is 0 Å². The van der Waals surface area contributed by atoms with Gasteiger partial charge in [0.2, 0.25) is 0 Å². The van der Waals surface area contributed by atoms with Crippen LogP contribution < -0.4 is 4.35 Å². The van der Waals surface area contributed by atoms with E-state index in [0.29, 0.717) is 4.35 Å². The Kier molecular flexibility index (Phi) is 2.58. The third kappa shape index (κ3) is 1.98. The van der Waals surface area contributed by atoms with Gasteiger partial charge in [-0.05, 0) is 0 Å². The van der Waals surface area contributed by atoms with E-state index < -0.39 is 14.9 Å². The quantitative estimate of drug-likeness (QED) is 0.686. The second-order valence-electron chi connectivity index (χ2n) is 2.54. The molecule has 2 nitrogen and oxygen atoms in total. The maximum atomic E-state index is 10.7. The zero-order valence-electron chi connectivity index (χ0n) is 6.53. The summed E-state index contributed by atoms with van der Waals surface area (Å²) in [5.41, 5.74) is 2.23. The standard InChI is InChI=1S/C8H10AsO2/c1-6-3-4-8(9(10)11)5-7(6)2/h3-5H,1-2H3,(H,10,11). The molecule has 0 aliphatic rings. The molecule has 0 heterocycles. The predicted molar refractivity (Wildman–Crippen MR) is 44.2 cm³/mol. The van der Waals surface area contributed by atoms with E-state index >= 15 is 0 Å². The molecule has 0 saturated carbocycles. The van der Waals surface area contributed by atoms with E-state index in [1.807, 2.05) is 19.9 Å². The van der Waals surface area contributed by atoms with Gasteiger partial charge >= 0.3 is 70.3 Å². The molecule has 1 aromatic rings. The van der Waals surface area contributed by atoms with Gasteiger partial charge in [-0.1, -0.05) is 0 Å². The van der Waals surface area contributed by atoms with Crippen molar-refractivity contribution < 1.29 is 7.84 Å². The monoisotopic (exact) mass is 213 g/mol. The molecule has 3 heteroatoms. The molecule has 0 aromatic heterocycles. The average molecular weight is 213 g/mol. The van der Waals surface area contributed by atoms with Crippen molar-refractivity contribution >= 4 is 19.3 Å². The first-order valence-corrected chi connectivity index (χ1v) is 5.89. The van der Waals surface area contributed by atoms with E-state index in [-0.39, 0.29) is 0 Å². The Labute approximate surface area is 70.7 Å². The van der Waals surface area contributed by atoms with Crippen LogP contribution in [0.2, 0.25) is 0 Å². The zero-order valence-corrected chi connectivity index (χ0v) is 8.41. The van der Waals surface area contributed by atoms with Crippen LogP contribution in [-0.2, 0) is 3.74 Å². The fourth-order valence-corrected chi connectivity index (χ4v) is 1.91. The second-order valence-corrected chi connectivity index (χ2v) is 4.77. The number of benzene rings is 1. The predicted octanol–water partition coefficient (Wildman–Crippen LogP) is 0.421. The Balaban J connectivity index is 3.15. The molecule has 1 aromatic carbocycles. The van der Waals surface area contributed by atoms with Gasteiger partial charge in [-0.25, -0.2) is 0 Å². The van der Waals surface area contributed by atoms with Crippen molar-refractivity contribution in [1.82, 2.24) is 0 Å². The Hall–Kier alpha value is -0.462. The van der Waals surface area contributed by atoms with Crippen LogP contribution in [0, 0.1) is 13.8 Å². The molecule has 1 unspecified atom stereocenters. The van der Waals surface area contributed by atoms with E-state index in [1.54, 1.807) is 12.1 Å². The molecule has 0 aliphatic heterocycles. The van der Waals surface area contributed by atoms with E-state index in [4.69, 9.17) is 4.10 Å². The van der Waals surface area contributed by atoms with Crippen LogP contribution in [0.3, 0.4) is 0 Å². The molecular formula is C8H10AsO2. The van der Waals surface area contributed by atoms with Crippen LogP contribution in [0.25, 0.3) is 0 Å². The summed E-state index contributed by atoms with van der Waals surface area (Å²) in [7, 11) is 0. The fraction of sp³-hybridized carbons (Fsp3) is 0.250. The van der Waals surface area contributed by atoms with Gasteiger partial charge in [0.05, 0.1) is 0 Å². The second kappa shape index (κ2) is 3.29. The van der Waals surface area contributed by atoms with Crippen LogP contribution in [0.1, 0.15) is 11.1 Å². The number of hydrogen-bond acceptors (Lipinski definition) is 1. The summed E-state index contributed by atoms with van der Waals surface area (Å²) >= 11 is -2.89. The zero-order chi connectivity index (χ0) is 8.43. The van der Waals surface area contributed by atoms with Gasteiger partial charge in [0, 0.05) is 0 Å². The minimum atomic E-state index is -2.89. The van der Waals surface area contributed by atoms with Crippen LogP contribution in [0.4, 0.5) is 0 Å². The number of rotatable bonds is 1. The van der Waals surface area contributed by atoms with Crippen molar-refractivity contribution in [2.45, 2.75) is 13.8 Å². The first kappa shape index (κ1) is 8.63. The van der Waals surface area contributed by atoms with Crippen molar-refractivity contribution in [3.05, 3.63) is 29.3 Å².